The van der Waals surface area contributed by atoms with Gasteiger partial charge >= 0.3 is 0 Å². The fourth-order valence-corrected chi connectivity index (χ4v) is 3.50. The number of anilines is 1. The number of hydrogen-bond donors (Lipinski definition) is 2. The van der Waals surface area contributed by atoms with Gasteiger partial charge in [-0.1, -0.05) is 11.6 Å². The second-order valence-corrected chi connectivity index (χ2v) is 6.83. The fourth-order valence-electron chi connectivity index (χ4n) is 2.58. The van der Waals surface area contributed by atoms with Crippen LogP contribution in [0.4, 0.5) is 5.69 Å². The summed E-state index contributed by atoms with van der Waals surface area (Å²) in [6.45, 7) is 1.05. The standard InChI is InChI=1S/C16H17ClN4O2S.ClH/c17-10-1-3-11(4-2-10)21-8-6-12(16(21)23)20-15(22)13-9-24-14(19-13)5-7-18;/h1-4,9,12H,5-8,18H2,(H,20,22);1H. The molecule has 9 heteroatoms. The van der Waals surface area contributed by atoms with Gasteiger partial charge in [0, 0.05) is 29.1 Å². The molecule has 1 aromatic carbocycles. The van der Waals surface area contributed by atoms with Crippen LogP contribution in [0.1, 0.15) is 21.9 Å². The second kappa shape index (κ2) is 8.62. The fraction of sp³-hybridized carbons (Fsp3) is 0.312. The summed E-state index contributed by atoms with van der Waals surface area (Å²) in [6.07, 6.45) is 1.21. The quantitative estimate of drug-likeness (QED) is 0.805. The number of thiazole rings is 1. The summed E-state index contributed by atoms with van der Waals surface area (Å²) in [6, 6.07) is 6.54. The summed E-state index contributed by atoms with van der Waals surface area (Å²) < 4.78 is 0. The molecule has 1 unspecified atom stereocenters. The lowest BCUT2D eigenvalue weighted by molar-refractivity contribution is -0.118. The maximum atomic E-state index is 12.5. The number of aromatic nitrogens is 1. The van der Waals surface area contributed by atoms with Gasteiger partial charge in [-0.25, -0.2) is 4.98 Å². The van der Waals surface area contributed by atoms with E-state index in [1.165, 1.54) is 11.3 Å². The summed E-state index contributed by atoms with van der Waals surface area (Å²) in [5, 5.41) is 5.90. The Hall–Kier alpha value is -1.67. The van der Waals surface area contributed by atoms with Crippen molar-refractivity contribution in [1.29, 1.82) is 0 Å². The predicted octanol–water partition coefficient (Wildman–Crippen LogP) is 2.25. The molecule has 1 fully saturated rings. The molecule has 3 rings (SSSR count). The molecule has 2 amide bonds. The van der Waals surface area contributed by atoms with Gasteiger partial charge in [0.1, 0.15) is 11.7 Å². The van der Waals surface area contributed by atoms with Crippen LogP contribution in [-0.4, -0.2) is 35.9 Å². The van der Waals surface area contributed by atoms with Crippen LogP contribution in [0.2, 0.25) is 5.02 Å². The van der Waals surface area contributed by atoms with Crippen molar-refractivity contribution in [3.63, 3.8) is 0 Å². The Labute approximate surface area is 160 Å². The third kappa shape index (κ3) is 4.49. The Morgan fingerprint density at radius 1 is 1.40 bits per heavy atom. The summed E-state index contributed by atoms with van der Waals surface area (Å²) in [5.41, 5.74) is 6.60. The summed E-state index contributed by atoms with van der Waals surface area (Å²) in [7, 11) is 0. The largest absolute Gasteiger partial charge is 0.339 e. The van der Waals surface area contributed by atoms with Crippen molar-refractivity contribution < 1.29 is 9.59 Å². The number of rotatable bonds is 5. The third-order valence-electron chi connectivity index (χ3n) is 3.79. The molecule has 0 saturated carbocycles. The van der Waals surface area contributed by atoms with Crippen molar-refractivity contribution in [1.82, 2.24) is 10.3 Å². The molecule has 2 heterocycles. The maximum absolute atomic E-state index is 12.5. The highest BCUT2D eigenvalue weighted by molar-refractivity contribution is 7.09. The van der Waals surface area contributed by atoms with E-state index in [9.17, 15) is 9.59 Å². The van der Waals surface area contributed by atoms with Gasteiger partial charge in [0.2, 0.25) is 5.91 Å². The molecule has 2 aromatic rings. The third-order valence-corrected chi connectivity index (χ3v) is 4.95. The highest BCUT2D eigenvalue weighted by Gasteiger charge is 2.34. The van der Waals surface area contributed by atoms with Crippen LogP contribution < -0.4 is 16.0 Å². The number of hydrogen-bond acceptors (Lipinski definition) is 5. The van der Waals surface area contributed by atoms with Crippen molar-refractivity contribution in [2.24, 2.45) is 5.73 Å². The van der Waals surface area contributed by atoms with Gasteiger partial charge in [-0.05, 0) is 37.2 Å². The van der Waals surface area contributed by atoms with Crippen LogP contribution in [0, 0.1) is 0 Å². The van der Waals surface area contributed by atoms with Crippen molar-refractivity contribution in [2.45, 2.75) is 18.9 Å². The van der Waals surface area contributed by atoms with E-state index >= 15 is 0 Å². The van der Waals surface area contributed by atoms with Crippen LogP contribution in [0.25, 0.3) is 0 Å². The molecule has 3 N–H and O–H groups in total. The Morgan fingerprint density at radius 2 is 2.12 bits per heavy atom. The first-order valence-electron chi connectivity index (χ1n) is 7.61. The summed E-state index contributed by atoms with van der Waals surface area (Å²) >= 11 is 7.27. The number of carbonyl (C=O) groups excluding carboxylic acids is 2. The summed E-state index contributed by atoms with van der Waals surface area (Å²) in [4.78, 5) is 30.7. The van der Waals surface area contributed by atoms with E-state index in [4.69, 9.17) is 17.3 Å². The molecular formula is C16H18Cl2N4O2S. The molecule has 0 spiro atoms. The van der Waals surface area contributed by atoms with E-state index in [0.717, 1.165) is 10.7 Å². The lowest BCUT2D eigenvalue weighted by atomic mass is 10.2. The zero-order valence-corrected chi connectivity index (χ0v) is 15.7. The number of benzene rings is 1. The molecule has 1 atom stereocenters. The van der Waals surface area contributed by atoms with Crippen LogP contribution in [0.3, 0.4) is 0 Å². The predicted molar refractivity (Wildman–Crippen MR) is 102 cm³/mol. The minimum absolute atomic E-state index is 0. The van der Waals surface area contributed by atoms with Crippen LogP contribution in [0.5, 0.6) is 0 Å². The molecule has 0 radical (unpaired) electrons. The molecule has 1 aliphatic rings. The Balaban J connectivity index is 0.00000225. The van der Waals surface area contributed by atoms with Gasteiger partial charge in [-0.2, -0.15) is 0 Å². The number of nitrogens with zero attached hydrogens (tertiary/aromatic N) is 2. The first kappa shape index (κ1) is 19.7. The van der Waals surface area contributed by atoms with E-state index in [0.29, 0.717) is 36.6 Å². The normalized spacial score (nSPS) is 16.6. The minimum atomic E-state index is -0.534. The average Bonchev–Trinajstić information content (AvgIpc) is 3.17. The molecular weight excluding hydrogens is 383 g/mol. The molecule has 6 nitrogen and oxygen atoms in total. The molecule has 25 heavy (non-hydrogen) atoms. The van der Waals surface area contributed by atoms with Crippen LogP contribution in [0.15, 0.2) is 29.6 Å². The van der Waals surface area contributed by atoms with Gasteiger partial charge in [0.15, 0.2) is 0 Å². The SMILES string of the molecule is Cl.NCCc1nc(C(=O)NC2CCN(c3ccc(Cl)cc3)C2=O)cs1. The smallest absolute Gasteiger partial charge is 0.271 e. The first-order valence-corrected chi connectivity index (χ1v) is 8.86. The highest BCUT2D eigenvalue weighted by Crippen LogP contribution is 2.23. The van der Waals surface area contributed by atoms with Crippen molar-refractivity contribution in [3.05, 3.63) is 45.4 Å². The average molecular weight is 401 g/mol. The molecule has 0 bridgehead atoms. The van der Waals surface area contributed by atoms with Gasteiger partial charge < -0.3 is 16.0 Å². The molecule has 1 aliphatic heterocycles. The molecule has 134 valence electrons. The van der Waals surface area contributed by atoms with E-state index < -0.39 is 6.04 Å². The number of amides is 2. The number of carbonyl (C=O) groups is 2. The Morgan fingerprint density at radius 3 is 2.80 bits per heavy atom. The monoisotopic (exact) mass is 400 g/mol. The van der Waals surface area contributed by atoms with E-state index in [1.807, 2.05) is 0 Å². The van der Waals surface area contributed by atoms with Crippen LogP contribution in [-0.2, 0) is 11.2 Å². The van der Waals surface area contributed by atoms with E-state index in [1.54, 1.807) is 34.5 Å². The van der Waals surface area contributed by atoms with Gasteiger partial charge in [0.05, 0.1) is 5.01 Å². The van der Waals surface area contributed by atoms with Crippen molar-refractivity contribution >= 4 is 52.8 Å². The van der Waals surface area contributed by atoms with Gasteiger partial charge in [0.25, 0.3) is 5.91 Å². The highest BCUT2D eigenvalue weighted by atomic mass is 35.5. The minimum Gasteiger partial charge on any atom is -0.339 e. The zero-order chi connectivity index (χ0) is 17.1. The Bertz CT molecular complexity index is 751. The number of nitrogens with one attached hydrogen (secondary N) is 1. The van der Waals surface area contributed by atoms with Crippen LogP contribution >= 0.6 is 35.3 Å². The van der Waals surface area contributed by atoms with E-state index in [2.05, 4.69) is 10.3 Å². The lowest BCUT2D eigenvalue weighted by Gasteiger charge is -2.17. The van der Waals surface area contributed by atoms with Crippen molar-refractivity contribution in [3.8, 4) is 0 Å². The summed E-state index contributed by atoms with van der Waals surface area (Å²) in [5.74, 6) is -0.450. The molecule has 1 aromatic heterocycles. The van der Waals surface area contributed by atoms with Gasteiger partial charge in [-0.15, -0.1) is 23.7 Å². The molecule has 0 aliphatic carbocycles. The second-order valence-electron chi connectivity index (χ2n) is 5.45. The zero-order valence-electron chi connectivity index (χ0n) is 13.3. The topological polar surface area (TPSA) is 88.3 Å². The first-order chi connectivity index (χ1) is 11.6. The van der Waals surface area contributed by atoms with Crippen molar-refractivity contribution in [2.75, 3.05) is 18.0 Å². The maximum Gasteiger partial charge on any atom is 0.271 e. The van der Waals surface area contributed by atoms with E-state index in [-0.39, 0.29) is 24.2 Å². The number of halogens is 2. The lowest BCUT2D eigenvalue weighted by Crippen LogP contribution is -2.41. The Kier molecular flexibility index (Phi) is 6.78. The molecule has 1 saturated heterocycles. The number of nitrogens with two attached hydrogens (primary N) is 1. The van der Waals surface area contributed by atoms with Gasteiger partial charge in [-0.3, -0.25) is 9.59 Å².